The fraction of sp³-hybridized carbons (Fsp3) is 0.438. The van der Waals surface area contributed by atoms with E-state index in [4.69, 9.17) is 0 Å². The molecule has 2 aromatic rings. The summed E-state index contributed by atoms with van der Waals surface area (Å²) in [7, 11) is 0. The van der Waals surface area contributed by atoms with Crippen molar-refractivity contribution in [2.75, 3.05) is 19.6 Å². The van der Waals surface area contributed by atoms with Crippen molar-refractivity contribution in [1.82, 2.24) is 20.4 Å². The van der Waals surface area contributed by atoms with E-state index in [9.17, 15) is 13.2 Å². The Balaban J connectivity index is 1.78. The second-order valence-corrected chi connectivity index (χ2v) is 5.94. The molecule has 1 aliphatic heterocycles. The fourth-order valence-electron chi connectivity index (χ4n) is 2.90. The number of hydrogen-bond donors (Lipinski definition) is 2. The van der Waals surface area contributed by atoms with Crippen LogP contribution in [0.15, 0.2) is 30.5 Å². The van der Waals surface area contributed by atoms with E-state index >= 15 is 0 Å². The third-order valence-corrected chi connectivity index (χ3v) is 4.07. The minimum atomic E-state index is -4.31. The molecule has 0 radical (unpaired) electrons. The maximum Gasteiger partial charge on any atom is 0.416 e. The molecule has 124 valence electrons. The highest BCUT2D eigenvalue weighted by atomic mass is 19.4. The molecule has 0 aliphatic carbocycles. The van der Waals surface area contributed by atoms with Gasteiger partial charge in [0.1, 0.15) is 0 Å². The zero-order chi connectivity index (χ0) is 16.4. The van der Waals surface area contributed by atoms with Gasteiger partial charge in [0.2, 0.25) is 0 Å². The van der Waals surface area contributed by atoms with E-state index in [1.165, 1.54) is 12.1 Å². The van der Waals surface area contributed by atoms with Crippen LogP contribution in [0.2, 0.25) is 0 Å². The van der Waals surface area contributed by atoms with Gasteiger partial charge < -0.3 is 5.32 Å². The molecule has 1 aromatic carbocycles. The monoisotopic (exact) mass is 324 g/mol. The van der Waals surface area contributed by atoms with Crippen LogP contribution in [-0.4, -0.2) is 40.8 Å². The number of aromatic amines is 1. The molecule has 2 heterocycles. The van der Waals surface area contributed by atoms with Crippen LogP contribution in [0.1, 0.15) is 18.1 Å². The van der Waals surface area contributed by atoms with E-state index in [-0.39, 0.29) is 0 Å². The predicted octanol–water partition coefficient (Wildman–Crippen LogP) is 2.89. The van der Waals surface area contributed by atoms with E-state index in [1.54, 1.807) is 6.20 Å². The van der Waals surface area contributed by atoms with Gasteiger partial charge in [-0.05, 0) is 24.6 Å². The van der Waals surface area contributed by atoms with Gasteiger partial charge in [-0.15, -0.1) is 0 Å². The van der Waals surface area contributed by atoms with Gasteiger partial charge in [0.25, 0.3) is 0 Å². The van der Waals surface area contributed by atoms with Crippen molar-refractivity contribution < 1.29 is 13.2 Å². The number of piperazine rings is 1. The van der Waals surface area contributed by atoms with Gasteiger partial charge in [0.15, 0.2) is 0 Å². The molecule has 1 aromatic heterocycles. The summed E-state index contributed by atoms with van der Waals surface area (Å²) in [6.07, 6.45) is -2.56. The zero-order valence-corrected chi connectivity index (χ0v) is 12.8. The van der Waals surface area contributed by atoms with E-state index < -0.39 is 11.7 Å². The first kappa shape index (κ1) is 16.0. The Labute approximate surface area is 132 Å². The lowest BCUT2D eigenvalue weighted by atomic mass is 10.1. The second kappa shape index (κ2) is 6.33. The first-order valence-electron chi connectivity index (χ1n) is 7.59. The summed E-state index contributed by atoms with van der Waals surface area (Å²) in [5.74, 6) is 0. The molecule has 0 unspecified atom stereocenters. The molecule has 1 atom stereocenters. The van der Waals surface area contributed by atoms with Gasteiger partial charge in [-0.2, -0.15) is 18.3 Å². The first-order valence-corrected chi connectivity index (χ1v) is 7.59. The van der Waals surface area contributed by atoms with Gasteiger partial charge in [-0.3, -0.25) is 10.00 Å². The molecular weight excluding hydrogens is 305 g/mol. The van der Waals surface area contributed by atoms with Crippen molar-refractivity contribution in [3.63, 3.8) is 0 Å². The number of nitrogens with one attached hydrogen (secondary N) is 2. The van der Waals surface area contributed by atoms with Crippen LogP contribution in [0.3, 0.4) is 0 Å². The van der Waals surface area contributed by atoms with E-state index in [2.05, 4.69) is 27.3 Å². The third-order valence-electron chi connectivity index (χ3n) is 4.07. The smallest absolute Gasteiger partial charge is 0.312 e. The normalized spacial score (nSPS) is 19.9. The summed E-state index contributed by atoms with van der Waals surface area (Å²) in [5.41, 5.74) is 1.86. The molecule has 1 saturated heterocycles. The summed E-state index contributed by atoms with van der Waals surface area (Å²) >= 11 is 0. The zero-order valence-electron chi connectivity index (χ0n) is 12.8. The average molecular weight is 324 g/mol. The minimum Gasteiger partial charge on any atom is -0.312 e. The van der Waals surface area contributed by atoms with Gasteiger partial charge in [0, 0.05) is 37.8 Å². The largest absolute Gasteiger partial charge is 0.416 e. The number of aromatic nitrogens is 2. The maximum atomic E-state index is 12.7. The number of halogens is 3. The Bertz CT molecular complexity index is 648. The van der Waals surface area contributed by atoms with Crippen LogP contribution >= 0.6 is 0 Å². The van der Waals surface area contributed by atoms with Crippen molar-refractivity contribution in [2.24, 2.45) is 0 Å². The Morgan fingerprint density at radius 3 is 2.65 bits per heavy atom. The van der Waals surface area contributed by atoms with Crippen LogP contribution in [0.5, 0.6) is 0 Å². The number of rotatable bonds is 3. The number of hydrogen-bond acceptors (Lipinski definition) is 3. The number of nitrogens with zero attached hydrogens (tertiary/aromatic N) is 2. The predicted molar refractivity (Wildman–Crippen MR) is 81.8 cm³/mol. The van der Waals surface area contributed by atoms with Crippen molar-refractivity contribution in [2.45, 2.75) is 25.7 Å². The molecular formula is C16H19F3N4. The third kappa shape index (κ3) is 3.73. The number of alkyl halides is 3. The highest BCUT2D eigenvalue weighted by Crippen LogP contribution is 2.31. The molecule has 0 amide bonds. The molecule has 0 saturated carbocycles. The molecule has 1 aliphatic rings. The molecule has 23 heavy (non-hydrogen) atoms. The van der Waals surface area contributed by atoms with Crippen molar-refractivity contribution in [3.8, 4) is 11.3 Å². The SMILES string of the molecule is C[C@@H]1CN(Cc2cn[nH]c2-c2ccc(C(F)(F)F)cc2)CCN1. The van der Waals surface area contributed by atoms with Gasteiger partial charge in [0.05, 0.1) is 17.5 Å². The average Bonchev–Trinajstić information content (AvgIpc) is 2.94. The fourth-order valence-corrected chi connectivity index (χ4v) is 2.90. The second-order valence-electron chi connectivity index (χ2n) is 5.94. The quantitative estimate of drug-likeness (QED) is 0.912. The number of benzene rings is 1. The first-order chi connectivity index (χ1) is 10.9. The minimum absolute atomic E-state index is 0.435. The topological polar surface area (TPSA) is 44.0 Å². The van der Waals surface area contributed by atoms with Gasteiger partial charge >= 0.3 is 6.18 Å². The van der Waals surface area contributed by atoms with E-state index in [0.29, 0.717) is 11.6 Å². The molecule has 1 fully saturated rings. The van der Waals surface area contributed by atoms with Crippen LogP contribution in [0.25, 0.3) is 11.3 Å². The molecule has 2 N–H and O–H groups in total. The lowest BCUT2D eigenvalue weighted by Gasteiger charge is -2.31. The molecule has 0 spiro atoms. The Kier molecular flexibility index (Phi) is 4.41. The Hall–Kier alpha value is -1.86. The summed E-state index contributed by atoms with van der Waals surface area (Å²) in [6, 6.07) is 5.62. The Morgan fingerprint density at radius 2 is 2.00 bits per heavy atom. The molecule has 3 rings (SSSR count). The molecule has 4 nitrogen and oxygen atoms in total. The number of H-pyrrole nitrogens is 1. The van der Waals surface area contributed by atoms with E-state index in [1.807, 2.05) is 0 Å². The van der Waals surface area contributed by atoms with Crippen LogP contribution in [-0.2, 0) is 12.7 Å². The highest BCUT2D eigenvalue weighted by molar-refractivity contribution is 5.63. The molecule has 7 heteroatoms. The molecule has 0 bridgehead atoms. The van der Waals surface area contributed by atoms with Crippen molar-refractivity contribution >= 4 is 0 Å². The van der Waals surface area contributed by atoms with Gasteiger partial charge in [-0.1, -0.05) is 12.1 Å². The lowest BCUT2D eigenvalue weighted by Crippen LogP contribution is -2.48. The van der Waals surface area contributed by atoms with Crippen LogP contribution in [0.4, 0.5) is 13.2 Å². The van der Waals surface area contributed by atoms with Crippen molar-refractivity contribution in [1.29, 1.82) is 0 Å². The van der Waals surface area contributed by atoms with Crippen molar-refractivity contribution in [3.05, 3.63) is 41.6 Å². The Morgan fingerprint density at radius 1 is 1.26 bits per heavy atom. The summed E-state index contributed by atoms with van der Waals surface area (Å²) < 4.78 is 38.0. The summed E-state index contributed by atoms with van der Waals surface area (Å²) in [4.78, 5) is 2.32. The summed E-state index contributed by atoms with van der Waals surface area (Å²) in [6.45, 7) is 5.70. The maximum absolute atomic E-state index is 12.7. The van der Waals surface area contributed by atoms with E-state index in [0.717, 1.165) is 49.6 Å². The van der Waals surface area contributed by atoms with Gasteiger partial charge in [-0.25, -0.2) is 0 Å². The summed E-state index contributed by atoms with van der Waals surface area (Å²) in [5, 5.41) is 10.4. The standard InChI is InChI=1S/C16H19F3N4/c1-11-9-23(7-6-20-11)10-13-8-21-22-15(13)12-2-4-14(5-3-12)16(17,18)19/h2-5,8,11,20H,6-7,9-10H2,1H3,(H,21,22)/t11-/m1/s1. The van der Waals surface area contributed by atoms with Crippen LogP contribution in [0, 0.1) is 0 Å². The lowest BCUT2D eigenvalue weighted by molar-refractivity contribution is -0.137. The highest BCUT2D eigenvalue weighted by Gasteiger charge is 2.30. The van der Waals surface area contributed by atoms with Crippen LogP contribution < -0.4 is 5.32 Å².